The van der Waals surface area contributed by atoms with Gasteiger partial charge in [0.2, 0.25) is 0 Å². The van der Waals surface area contributed by atoms with Crippen molar-refractivity contribution in [2.24, 2.45) is 0 Å². The largest absolute Gasteiger partial charge is 2.00 e. The molecular formula is C22H34CuN4O26S2. The van der Waals surface area contributed by atoms with Crippen LogP contribution in [0, 0.1) is 0 Å². The molecule has 30 nitrogen and oxygen atoms in total. The van der Waals surface area contributed by atoms with Crippen molar-refractivity contribution < 1.29 is 140 Å². The van der Waals surface area contributed by atoms with Gasteiger partial charge < -0.3 is 58.3 Å². The summed E-state index contributed by atoms with van der Waals surface area (Å²) in [6.45, 7) is -5.39. The molecule has 8 N–H and O–H groups in total. The molecule has 55 heavy (non-hydrogen) atoms. The first-order chi connectivity index (χ1) is 24.5. The van der Waals surface area contributed by atoms with E-state index in [-0.39, 0.29) is 43.2 Å². The van der Waals surface area contributed by atoms with Crippen LogP contribution in [0.1, 0.15) is 0 Å². The van der Waals surface area contributed by atoms with Gasteiger partial charge in [-0.25, -0.2) is 16.8 Å². The number of carboxylic acids is 8. The zero-order chi connectivity index (χ0) is 43.2. The van der Waals surface area contributed by atoms with Crippen LogP contribution in [0.15, 0.2) is 0 Å². The van der Waals surface area contributed by atoms with Crippen LogP contribution in [0.5, 0.6) is 0 Å². The van der Waals surface area contributed by atoms with Gasteiger partial charge in [0.1, 0.15) is 0 Å². The molecule has 1 radical (unpaired) electrons. The SMILES string of the molecule is O=C(O)CN(CCN(CC(=O)O)CC(=O)O)CC(=O)O.O=C(O)CN(CCN(CC(=O)O)CC(=O)O)CC(=O)O.O=COS(=O)(=O)[O-].O=COS(=O)(=O)[O-].[Cu+2]. The van der Waals surface area contributed by atoms with Gasteiger partial charge in [0.15, 0.2) is 0 Å². The Balaban J connectivity index is -0.000000223. The smallest absolute Gasteiger partial charge is 0.716 e. The number of carbonyl (C=O) groups excluding carboxylic acids is 2. The van der Waals surface area contributed by atoms with Gasteiger partial charge in [0, 0.05) is 26.2 Å². The molecule has 0 atom stereocenters. The molecule has 0 aliphatic rings. The number of aliphatic carboxylic acids is 8. The summed E-state index contributed by atoms with van der Waals surface area (Å²) in [6, 6.07) is 0. The first kappa shape index (κ1) is 59.2. The van der Waals surface area contributed by atoms with Crippen LogP contribution in [0.4, 0.5) is 0 Å². The van der Waals surface area contributed by atoms with Crippen LogP contribution in [0.2, 0.25) is 0 Å². The van der Waals surface area contributed by atoms with Crippen molar-refractivity contribution in [1.29, 1.82) is 0 Å². The summed E-state index contributed by atoms with van der Waals surface area (Å²) in [5.41, 5.74) is 0. The molecule has 0 saturated heterocycles. The van der Waals surface area contributed by atoms with E-state index in [1.165, 1.54) is 0 Å². The monoisotopic (exact) mass is 897 g/mol. The van der Waals surface area contributed by atoms with E-state index in [1.807, 2.05) is 0 Å². The van der Waals surface area contributed by atoms with Crippen molar-refractivity contribution in [2.75, 3.05) is 78.5 Å². The molecule has 0 aliphatic heterocycles. The van der Waals surface area contributed by atoms with Crippen LogP contribution in [0.25, 0.3) is 0 Å². The fraction of sp³-hybridized carbons (Fsp3) is 0.545. The quantitative estimate of drug-likeness (QED) is 0.0173. The summed E-state index contributed by atoms with van der Waals surface area (Å²) in [6.07, 6.45) is 0. The first-order valence-corrected chi connectivity index (χ1v) is 16.0. The number of hydrogen-bond acceptors (Lipinski definition) is 22. The Morgan fingerprint density at radius 3 is 0.582 bits per heavy atom. The van der Waals surface area contributed by atoms with Crippen LogP contribution >= 0.6 is 0 Å². The standard InChI is InChI=1S/2C10H16N2O8.2CH2O5S.Cu/c2*13-7(14)3-11(4-8(15)16)1-2-12(5-9(17)18)6-10(19)20;2*2-1-6-7(3,4)5;/h2*1-6H2,(H,13,14)(H,15,16)(H,17,18)(H,19,20);2*1H,(H,3,4,5);/q;;;;+2/p-2. The van der Waals surface area contributed by atoms with E-state index in [4.69, 9.17) is 50.4 Å². The van der Waals surface area contributed by atoms with E-state index >= 15 is 0 Å². The molecule has 0 aromatic heterocycles. The molecule has 0 unspecified atom stereocenters. The number of rotatable bonds is 26. The molecule has 321 valence electrons. The molecule has 0 amide bonds. The summed E-state index contributed by atoms with van der Waals surface area (Å²) in [7, 11) is -9.58. The third-order valence-corrected chi connectivity index (χ3v) is 5.28. The van der Waals surface area contributed by atoms with Crippen LogP contribution in [0.3, 0.4) is 0 Å². The normalized spacial score (nSPS) is 10.4. The van der Waals surface area contributed by atoms with Crippen LogP contribution < -0.4 is 0 Å². The molecular weight excluding hydrogens is 864 g/mol. The second-order valence-corrected chi connectivity index (χ2v) is 11.2. The van der Waals surface area contributed by atoms with Crippen molar-refractivity contribution in [2.45, 2.75) is 0 Å². The number of nitrogens with zero attached hydrogens (tertiary/aromatic N) is 4. The zero-order valence-electron chi connectivity index (χ0n) is 27.5. The maximum absolute atomic E-state index is 10.6. The molecule has 0 heterocycles. The Kier molecular flexibility index (Phi) is 34.8. The van der Waals surface area contributed by atoms with Gasteiger partial charge in [-0.05, 0) is 0 Å². The average molecular weight is 898 g/mol. The summed E-state index contributed by atoms with van der Waals surface area (Å²) >= 11 is 0. The maximum atomic E-state index is 10.6. The van der Waals surface area contributed by atoms with E-state index in [9.17, 15) is 64.3 Å². The summed E-state index contributed by atoms with van der Waals surface area (Å²) in [5.74, 6) is -9.82. The Morgan fingerprint density at radius 2 is 0.527 bits per heavy atom. The molecule has 0 aromatic rings. The van der Waals surface area contributed by atoms with Crippen LogP contribution in [-0.2, 0) is 94.2 Å². The minimum atomic E-state index is -4.79. The molecule has 0 bridgehead atoms. The molecule has 0 saturated carbocycles. The molecule has 33 heteroatoms. The van der Waals surface area contributed by atoms with E-state index in [0.717, 1.165) is 19.6 Å². The Morgan fingerprint density at radius 1 is 0.400 bits per heavy atom. The molecule has 0 aromatic carbocycles. The third kappa shape index (κ3) is 53.3. The third-order valence-electron chi connectivity index (χ3n) is 4.65. The maximum Gasteiger partial charge on any atom is 2.00 e. The number of hydrogen-bond donors (Lipinski definition) is 8. The predicted molar refractivity (Wildman–Crippen MR) is 161 cm³/mol. The fourth-order valence-corrected chi connectivity index (χ4v) is 3.24. The van der Waals surface area contributed by atoms with Crippen molar-refractivity contribution >= 4 is 81.5 Å². The minimum Gasteiger partial charge on any atom is -0.716 e. The number of carbonyl (C=O) groups is 10. The second kappa shape index (κ2) is 32.3. The van der Waals surface area contributed by atoms with Crippen LogP contribution in [-0.4, -0.2) is 226 Å². The second-order valence-electron chi connectivity index (χ2n) is 9.19. The van der Waals surface area contributed by atoms with E-state index < -0.39 is 134 Å². The fourth-order valence-electron chi connectivity index (χ4n) is 3.05. The number of carboxylic acid groups (broad SMARTS) is 8. The first-order valence-electron chi connectivity index (χ1n) is 13.3. The van der Waals surface area contributed by atoms with Gasteiger partial charge in [0.05, 0.1) is 52.4 Å². The van der Waals surface area contributed by atoms with Gasteiger partial charge in [-0.3, -0.25) is 67.5 Å². The van der Waals surface area contributed by atoms with E-state index in [1.54, 1.807) is 0 Å². The molecule has 0 spiro atoms. The van der Waals surface area contributed by atoms with Gasteiger partial charge in [-0.15, -0.1) is 0 Å². The predicted octanol–water partition coefficient (Wildman–Crippen LogP) is -6.91. The topological polar surface area (TPSA) is 478 Å². The Bertz CT molecular complexity index is 1250. The van der Waals surface area contributed by atoms with E-state index in [2.05, 4.69) is 8.37 Å². The molecule has 0 aliphatic carbocycles. The van der Waals surface area contributed by atoms with Crippen molar-refractivity contribution in [3.8, 4) is 0 Å². The van der Waals surface area contributed by atoms with Crippen molar-refractivity contribution in [3.05, 3.63) is 0 Å². The van der Waals surface area contributed by atoms with Crippen molar-refractivity contribution in [3.63, 3.8) is 0 Å². The summed E-state index contributed by atoms with van der Waals surface area (Å²) in [5, 5.41) is 68.9. The van der Waals surface area contributed by atoms with E-state index in [0.29, 0.717) is 0 Å². The Hall–Kier alpha value is -5.12. The van der Waals surface area contributed by atoms with Gasteiger partial charge in [0.25, 0.3) is 20.8 Å². The van der Waals surface area contributed by atoms with Crippen molar-refractivity contribution in [1.82, 2.24) is 19.6 Å². The minimum absolute atomic E-state index is 0. The molecule has 0 rings (SSSR count). The van der Waals surface area contributed by atoms with Gasteiger partial charge in [-0.1, -0.05) is 0 Å². The van der Waals surface area contributed by atoms with Gasteiger partial charge in [-0.2, -0.15) is 0 Å². The Labute approximate surface area is 319 Å². The molecule has 0 fully saturated rings. The summed E-state index contributed by atoms with van der Waals surface area (Å²) < 4.78 is 61.3. The summed E-state index contributed by atoms with van der Waals surface area (Å²) in [4.78, 5) is 107. The van der Waals surface area contributed by atoms with Gasteiger partial charge >= 0.3 is 77.8 Å². The zero-order valence-corrected chi connectivity index (χ0v) is 30.0. The average Bonchev–Trinajstić information content (AvgIpc) is 2.92.